The molecule has 1 N–H and O–H groups in total. The Morgan fingerprint density at radius 3 is 2.55 bits per heavy atom. The number of aromatic nitrogens is 1. The number of aryl methyl sites for hydroxylation is 1. The molecule has 1 aromatic carbocycles. The molecule has 0 radical (unpaired) electrons. The molecule has 3 rings (SSSR count). The maximum absolute atomic E-state index is 12.0. The number of aromatic amines is 1. The molecule has 3 nitrogen and oxygen atoms in total. The lowest BCUT2D eigenvalue weighted by Gasteiger charge is -2.14. The number of H-pyrrole nitrogens is 1. The number of benzene rings is 1. The number of hydrogen-bond acceptors (Lipinski definition) is 1. The smallest absolute Gasteiger partial charge is 0.222 e. The third-order valence-electron chi connectivity index (χ3n) is 3.90. The molecule has 0 aliphatic carbocycles. The van der Waals surface area contributed by atoms with Gasteiger partial charge >= 0.3 is 0 Å². The molecule has 104 valence electrons. The van der Waals surface area contributed by atoms with Crippen molar-refractivity contribution in [3.05, 3.63) is 48.2 Å². The van der Waals surface area contributed by atoms with Crippen molar-refractivity contribution in [3.63, 3.8) is 0 Å². The molecule has 0 saturated carbocycles. The fraction of sp³-hybridized carbons (Fsp3) is 0.353. The Balaban J connectivity index is 1.59. The number of hydrogen-bond donors (Lipinski definition) is 1. The molecular weight excluding hydrogens is 248 g/mol. The fourth-order valence-electron chi connectivity index (χ4n) is 2.74. The summed E-state index contributed by atoms with van der Waals surface area (Å²) >= 11 is 0. The molecule has 0 atom stereocenters. The summed E-state index contributed by atoms with van der Waals surface area (Å²) in [5.41, 5.74) is 3.44. The van der Waals surface area contributed by atoms with Crippen LogP contribution in [0.4, 0.5) is 0 Å². The largest absolute Gasteiger partial charge is 0.358 e. The van der Waals surface area contributed by atoms with E-state index in [9.17, 15) is 4.79 Å². The van der Waals surface area contributed by atoms with Crippen LogP contribution in [0.1, 0.15) is 25.0 Å². The van der Waals surface area contributed by atoms with Gasteiger partial charge in [0, 0.05) is 30.9 Å². The van der Waals surface area contributed by atoms with Gasteiger partial charge in [-0.2, -0.15) is 0 Å². The van der Waals surface area contributed by atoms with Crippen LogP contribution in [0.25, 0.3) is 11.3 Å². The van der Waals surface area contributed by atoms with Gasteiger partial charge < -0.3 is 9.88 Å². The maximum atomic E-state index is 12.0. The van der Waals surface area contributed by atoms with Crippen LogP contribution in [0, 0.1) is 0 Å². The monoisotopic (exact) mass is 268 g/mol. The first-order valence-corrected chi connectivity index (χ1v) is 7.34. The van der Waals surface area contributed by atoms with Crippen LogP contribution in [-0.2, 0) is 11.2 Å². The second kappa shape index (κ2) is 5.95. The minimum absolute atomic E-state index is 0.290. The van der Waals surface area contributed by atoms with Crippen molar-refractivity contribution < 1.29 is 4.79 Å². The number of carbonyl (C=O) groups excluding carboxylic acids is 1. The predicted octanol–water partition coefficient (Wildman–Crippen LogP) is 3.24. The summed E-state index contributed by atoms with van der Waals surface area (Å²) < 4.78 is 0. The van der Waals surface area contributed by atoms with Crippen LogP contribution in [0.2, 0.25) is 0 Å². The van der Waals surface area contributed by atoms with Gasteiger partial charge in [0.25, 0.3) is 0 Å². The van der Waals surface area contributed by atoms with Crippen LogP contribution in [-0.4, -0.2) is 28.9 Å². The molecule has 0 bridgehead atoms. The Kier molecular flexibility index (Phi) is 3.86. The van der Waals surface area contributed by atoms with E-state index in [0.29, 0.717) is 12.3 Å². The van der Waals surface area contributed by atoms with E-state index in [0.717, 1.165) is 43.7 Å². The van der Waals surface area contributed by atoms with Crippen molar-refractivity contribution in [2.24, 2.45) is 0 Å². The topological polar surface area (TPSA) is 36.1 Å². The van der Waals surface area contributed by atoms with E-state index < -0.39 is 0 Å². The summed E-state index contributed by atoms with van der Waals surface area (Å²) in [6.45, 7) is 1.89. The van der Waals surface area contributed by atoms with E-state index in [2.05, 4.69) is 29.2 Å². The summed E-state index contributed by atoms with van der Waals surface area (Å²) in [4.78, 5) is 17.4. The highest BCUT2D eigenvalue weighted by Crippen LogP contribution is 2.19. The first kappa shape index (κ1) is 13.0. The van der Waals surface area contributed by atoms with E-state index in [1.54, 1.807) is 0 Å². The number of nitrogens with one attached hydrogen (secondary N) is 1. The van der Waals surface area contributed by atoms with Gasteiger partial charge in [-0.25, -0.2) is 0 Å². The lowest BCUT2D eigenvalue weighted by atomic mass is 10.2. The zero-order valence-corrected chi connectivity index (χ0v) is 11.6. The first-order chi connectivity index (χ1) is 9.83. The minimum atomic E-state index is 0.290. The van der Waals surface area contributed by atoms with E-state index in [1.807, 2.05) is 23.1 Å². The number of nitrogens with zero attached hydrogens (tertiary/aromatic N) is 1. The molecule has 1 amide bonds. The minimum Gasteiger partial charge on any atom is -0.358 e. The third kappa shape index (κ3) is 2.93. The molecule has 1 aliphatic heterocycles. The molecular formula is C17H20N2O. The number of rotatable bonds is 4. The Morgan fingerprint density at radius 2 is 1.80 bits per heavy atom. The molecule has 1 fully saturated rings. The summed E-state index contributed by atoms with van der Waals surface area (Å²) in [5.74, 6) is 0.290. The summed E-state index contributed by atoms with van der Waals surface area (Å²) in [7, 11) is 0. The zero-order valence-electron chi connectivity index (χ0n) is 11.6. The highest BCUT2D eigenvalue weighted by Gasteiger charge is 2.17. The second-order valence-corrected chi connectivity index (χ2v) is 5.35. The predicted molar refractivity (Wildman–Crippen MR) is 80.4 cm³/mol. The maximum Gasteiger partial charge on any atom is 0.222 e. The SMILES string of the molecule is O=C(CCc1ccc(-c2ccccc2)[nH]1)N1CCCC1. The summed E-state index contributed by atoms with van der Waals surface area (Å²) in [6, 6.07) is 14.4. The quantitative estimate of drug-likeness (QED) is 0.908. The van der Waals surface area contributed by atoms with E-state index in [1.165, 1.54) is 5.56 Å². The summed E-state index contributed by atoms with van der Waals surface area (Å²) in [6.07, 6.45) is 3.72. The normalized spacial score (nSPS) is 14.7. The Bertz CT molecular complexity index is 568. The van der Waals surface area contributed by atoms with Crippen LogP contribution >= 0.6 is 0 Å². The molecule has 1 aromatic heterocycles. The van der Waals surface area contributed by atoms with Gasteiger partial charge in [-0.3, -0.25) is 4.79 Å². The Labute approximate surface area is 119 Å². The van der Waals surface area contributed by atoms with Crippen LogP contribution in [0.15, 0.2) is 42.5 Å². The Hall–Kier alpha value is -2.03. The fourth-order valence-corrected chi connectivity index (χ4v) is 2.74. The molecule has 2 aromatic rings. The molecule has 1 saturated heterocycles. The van der Waals surface area contributed by atoms with Crippen molar-refractivity contribution in [1.29, 1.82) is 0 Å². The second-order valence-electron chi connectivity index (χ2n) is 5.35. The average Bonchev–Trinajstić information content (AvgIpc) is 3.17. The highest BCUT2D eigenvalue weighted by molar-refractivity contribution is 5.76. The van der Waals surface area contributed by atoms with Gasteiger partial charge in [0.05, 0.1) is 0 Å². The lowest BCUT2D eigenvalue weighted by Crippen LogP contribution is -2.27. The van der Waals surface area contributed by atoms with Crippen LogP contribution in [0.5, 0.6) is 0 Å². The van der Waals surface area contributed by atoms with Crippen molar-refractivity contribution >= 4 is 5.91 Å². The number of carbonyl (C=O) groups is 1. The number of likely N-dealkylation sites (tertiary alicyclic amines) is 1. The average molecular weight is 268 g/mol. The van der Waals surface area contributed by atoms with Crippen molar-refractivity contribution in [3.8, 4) is 11.3 Å². The zero-order chi connectivity index (χ0) is 13.8. The summed E-state index contributed by atoms with van der Waals surface area (Å²) in [5, 5.41) is 0. The van der Waals surface area contributed by atoms with Crippen molar-refractivity contribution in [2.45, 2.75) is 25.7 Å². The van der Waals surface area contributed by atoms with Crippen molar-refractivity contribution in [2.75, 3.05) is 13.1 Å². The standard InChI is InChI=1S/C17H20N2O/c20-17(19-12-4-5-13-19)11-9-15-8-10-16(18-15)14-6-2-1-3-7-14/h1-3,6-8,10,18H,4-5,9,11-13H2. The van der Waals surface area contributed by atoms with Crippen LogP contribution in [0.3, 0.4) is 0 Å². The molecule has 20 heavy (non-hydrogen) atoms. The Morgan fingerprint density at radius 1 is 1.05 bits per heavy atom. The van der Waals surface area contributed by atoms with E-state index in [4.69, 9.17) is 0 Å². The molecule has 0 unspecified atom stereocenters. The van der Waals surface area contributed by atoms with Gasteiger partial charge in [0.15, 0.2) is 0 Å². The highest BCUT2D eigenvalue weighted by atomic mass is 16.2. The third-order valence-corrected chi connectivity index (χ3v) is 3.90. The van der Waals surface area contributed by atoms with Gasteiger partial charge in [-0.05, 0) is 37.0 Å². The molecule has 1 aliphatic rings. The van der Waals surface area contributed by atoms with Crippen LogP contribution < -0.4 is 0 Å². The first-order valence-electron chi connectivity index (χ1n) is 7.34. The molecule has 0 spiro atoms. The van der Waals surface area contributed by atoms with Gasteiger partial charge in [0.1, 0.15) is 0 Å². The van der Waals surface area contributed by atoms with E-state index in [-0.39, 0.29) is 0 Å². The molecule has 3 heteroatoms. The lowest BCUT2D eigenvalue weighted by molar-refractivity contribution is -0.130. The van der Waals surface area contributed by atoms with E-state index >= 15 is 0 Å². The molecule has 2 heterocycles. The number of amides is 1. The van der Waals surface area contributed by atoms with Gasteiger partial charge in [-0.15, -0.1) is 0 Å². The van der Waals surface area contributed by atoms with Gasteiger partial charge in [-0.1, -0.05) is 30.3 Å². The van der Waals surface area contributed by atoms with Gasteiger partial charge in [0.2, 0.25) is 5.91 Å². The van der Waals surface area contributed by atoms with Crippen molar-refractivity contribution in [1.82, 2.24) is 9.88 Å².